The predicted molar refractivity (Wildman–Crippen MR) is 137 cm³/mol. The van der Waals surface area contributed by atoms with Gasteiger partial charge in [-0.1, -0.05) is 44.2 Å². The standard InChI is InChI=1S/C29H35N3O3/c1-4-21(3)27-20-26(29(34)35-5-2)30-32(27)25-13-11-24(12-14-25)28(33)31-17-15-23(16-18-31)19-22-9-7-6-8-10-22/h6-14,20-21,23H,4-5,15-19H2,1-3H3. The molecule has 0 N–H and O–H groups in total. The Labute approximate surface area is 207 Å². The summed E-state index contributed by atoms with van der Waals surface area (Å²) < 4.78 is 6.93. The number of carbonyl (C=O) groups excluding carboxylic acids is 2. The molecule has 1 saturated heterocycles. The van der Waals surface area contributed by atoms with Crippen LogP contribution in [0.25, 0.3) is 5.69 Å². The summed E-state index contributed by atoms with van der Waals surface area (Å²) >= 11 is 0. The highest BCUT2D eigenvalue weighted by atomic mass is 16.5. The smallest absolute Gasteiger partial charge is 0.358 e. The van der Waals surface area contributed by atoms with E-state index in [1.54, 1.807) is 11.6 Å². The quantitative estimate of drug-likeness (QED) is 0.396. The first kappa shape index (κ1) is 24.7. The summed E-state index contributed by atoms with van der Waals surface area (Å²) in [5.41, 5.74) is 4.14. The fourth-order valence-corrected chi connectivity index (χ4v) is 4.68. The second kappa shape index (κ2) is 11.3. The van der Waals surface area contributed by atoms with Gasteiger partial charge in [-0.2, -0.15) is 5.10 Å². The molecule has 184 valence electrons. The van der Waals surface area contributed by atoms with Gasteiger partial charge in [-0.05, 0) is 80.3 Å². The highest BCUT2D eigenvalue weighted by Crippen LogP contribution is 2.25. The number of nitrogens with zero attached hydrogens (tertiary/aromatic N) is 3. The third-order valence-corrected chi connectivity index (χ3v) is 6.97. The highest BCUT2D eigenvalue weighted by Gasteiger charge is 2.24. The van der Waals surface area contributed by atoms with Crippen LogP contribution in [0, 0.1) is 5.92 Å². The number of ether oxygens (including phenoxy) is 1. The zero-order valence-corrected chi connectivity index (χ0v) is 20.9. The Morgan fingerprint density at radius 3 is 2.34 bits per heavy atom. The van der Waals surface area contributed by atoms with Gasteiger partial charge in [-0.25, -0.2) is 9.48 Å². The maximum atomic E-state index is 13.1. The lowest BCUT2D eigenvalue weighted by Crippen LogP contribution is -2.38. The molecular weight excluding hydrogens is 438 g/mol. The van der Waals surface area contributed by atoms with Crippen molar-refractivity contribution >= 4 is 11.9 Å². The summed E-state index contributed by atoms with van der Waals surface area (Å²) in [5.74, 6) is 0.503. The normalized spacial score (nSPS) is 15.1. The van der Waals surface area contributed by atoms with E-state index in [1.807, 2.05) is 41.3 Å². The number of benzene rings is 2. The molecule has 0 spiro atoms. The van der Waals surface area contributed by atoms with Gasteiger partial charge < -0.3 is 9.64 Å². The van der Waals surface area contributed by atoms with Crippen molar-refractivity contribution in [2.75, 3.05) is 19.7 Å². The van der Waals surface area contributed by atoms with E-state index >= 15 is 0 Å². The Hall–Kier alpha value is -3.41. The van der Waals surface area contributed by atoms with Crippen LogP contribution in [-0.2, 0) is 11.2 Å². The Kier molecular flexibility index (Phi) is 8.01. The van der Waals surface area contributed by atoms with Crippen molar-refractivity contribution in [1.82, 2.24) is 14.7 Å². The summed E-state index contributed by atoms with van der Waals surface area (Å²) in [6.07, 6.45) is 4.06. The number of hydrogen-bond acceptors (Lipinski definition) is 4. The molecule has 0 aliphatic carbocycles. The molecule has 35 heavy (non-hydrogen) atoms. The van der Waals surface area contributed by atoms with Gasteiger partial charge in [0.15, 0.2) is 5.69 Å². The molecule has 1 aliphatic heterocycles. The average molecular weight is 474 g/mol. The van der Waals surface area contributed by atoms with Gasteiger partial charge in [0, 0.05) is 24.3 Å². The Balaban J connectivity index is 1.43. The van der Waals surface area contributed by atoms with Crippen molar-refractivity contribution in [3.05, 3.63) is 83.2 Å². The number of carbonyl (C=O) groups is 2. The number of hydrogen-bond donors (Lipinski definition) is 0. The highest BCUT2D eigenvalue weighted by molar-refractivity contribution is 5.94. The summed E-state index contributed by atoms with van der Waals surface area (Å²) in [7, 11) is 0. The third-order valence-electron chi connectivity index (χ3n) is 6.97. The minimum atomic E-state index is -0.418. The van der Waals surface area contributed by atoms with Gasteiger partial charge in [0.25, 0.3) is 5.91 Å². The van der Waals surface area contributed by atoms with E-state index in [2.05, 4.69) is 43.2 Å². The Morgan fingerprint density at radius 1 is 1.03 bits per heavy atom. The first-order valence-corrected chi connectivity index (χ1v) is 12.7. The van der Waals surface area contributed by atoms with Crippen molar-refractivity contribution in [2.45, 2.75) is 52.4 Å². The Bertz CT molecular complexity index is 1130. The molecule has 4 rings (SSSR count). The van der Waals surface area contributed by atoms with Crippen LogP contribution in [0.4, 0.5) is 0 Å². The van der Waals surface area contributed by atoms with Crippen LogP contribution in [0.5, 0.6) is 0 Å². The lowest BCUT2D eigenvalue weighted by Gasteiger charge is -2.32. The third kappa shape index (κ3) is 5.81. The molecule has 1 atom stereocenters. The van der Waals surface area contributed by atoms with Crippen LogP contribution in [0.2, 0.25) is 0 Å². The SMILES string of the molecule is CCOC(=O)c1cc(C(C)CC)n(-c2ccc(C(=O)N3CCC(Cc4ccccc4)CC3)cc2)n1. The summed E-state index contributed by atoms with van der Waals surface area (Å²) in [6, 6.07) is 19.9. The predicted octanol–water partition coefficient (Wildman–Crippen LogP) is 5.66. The van der Waals surface area contributed by atoms with Crippen molar-refractivity contribution in [3.8, 4) is 5.69 Å². The van der Waals surface area contributed by atoms with Crippen LogP contribution in [0.3, 0.4) is 0 Å². The lowest BCUT2D eigenvalue weighted by atomic mass is 9.90. The molecule has 1 fully saturated rings. The second-order valence-corrected chi connectivity index (χ2v) is 9.37. The van der Waals surface area contributed by atoms with Crippen molar-refractivity contribution in [3.63, 3.8) is 0 Å². The van der Waals surface area contributed by atoms with Gasteiger partial charge in [-0.15, -0.1) is 0 Å². The number of amides is 1. The van der Waals surface area contributed by atoms with Gasteiger partial charge >= 0.3 is 5.97 Å². The average Bonchev–Trinajstić information content (AvgIpc) is 3.35. The van der Waals surface area contributed by atoms with Crippen LogP contribution >= 0.6 is 0 Å². The van der Waals surface area contributed by atoms with Gasteiger partial charge in [0.05, 0.1) is 12.3 Å². The minimum absolute atomic E-state index is 0.0736. The van der Waals surface area contributed by atoms with E-state index in [9.17, 15) is 9.59 Å². The maximum absolute atomic E-state index is 13.1. The largest absolute Gasteiger partial charge is 0.461 e. The van der Waals surface area contributed by atoms with Gasteiger partial charge in [0.1, 0.15) is 0 Å². The monoisotopic (exact) mass is 473 g/mol. The second-order valence-electron chi connectivity index (χ2n) is 9.37. The number of rotatable bonds is 8. The topological polar surface area (TPSA) is 64.4 Å². The lowest BCUT2D eigenvalue weighted by molar-refractivity contribution is 0.0518. The van der Waals surface area contributed by atoms with Crippen LogP contribution in [-0.4, -0.2) is 46.3 Å². The number of esters is 1. The molecule has 0 bridgehead atoms. The van der Waals surface area contributed by atoms with E-state index in [0.717, 1.165) is 50.2 Å². The van der Waals surface area contributed by atoms with E-state index in [0.29, 0.717) is 23.8 Å². The van der Waals surface area contributed by atoms with E-state index in [4.69, 9.17) is 4.74 Å². The molecule has 0 saturated carbocycles. The molecule has 2 aromatic carbocycles. The molecular formula is C29H35N3O3. The zero-order chi connectivity index (χ0) is 24.8. The number of likely N-dealkylation sites (tertiary alicyclic amines) is 1. The first-order chi connectivity index (χ1) is 17.0. The van der Waals surface area contributed by atoms with Crippen LogP contribution in [0.1, 0.15) is 78.1 Å². The van der Waals surface area contributed by atoms with Crippen LogP contribution < -0.4 is 0 Å². The molecule has 6 heteroatoms. The number of aromatic nitrogens is 2. The van der Waals surface area contributed by atoms with Gasteiger partial charge in [0.2, 0.25) is 0 Å². The van der Waals surface area contributed by atoms with E-state index in [1.165, 1.54) is 5.56 Å². The van der Waals surface area contributed by atoms with Crippen molar-refractivity contribution in [2.24, 2.45) is 5.92 Å². The summed E-state index contributed by atoms with van der Waals surface area (Å²) in [4.78, 5) is 27.4. The first-order valence-electron chi connectivity index (χ1n) is 12.7. The molecule has 6 nitrogen and oxygen atoms in total. The van der Waals surface area contributed by atoms with Crippen molar-refractivity contribution < 1.29 is 14.3 Å². The maximum Gasteiger partial charge on any atom is 0.358 e. The molecule has 2 heterocycles. The summed E-state index contributed by atoms with van der Waals surface area (Å²) in [5, 5.41) is 4.52. The van der Waals surface area contributed by atoms with E-state index < -0.39 is 5.97 Å². The fourth-order valence-electron chi connectivity index (χ4n) is 4.68. The van der Waals surface area contributed by atoms with Gasteiger partial charge in [-0.3, -0.25) is 4.79 Å². The molecule has 1 unspecified atom stereocenters. The molecule has 1 amide bonds. The molecule has 3 aromatic rings. The minimum Gasteiger partial charge on any atom is -0.461 e. The zero-order valence-electron chi connectivity index (χ0n) is 20.9. The van der Waals surface area contributed by atoms with Crippen LogP contribution in [0.15, 0.2) is 60.7 Å². The van der Waals surface area contributed by atoms with E-state index in [-0.39, 0.29) is 11.8 Å². The fraction of sp³-hybridized carbons (Fsp3) is 0.414. The molecule has 1 aliphatic rings. The Morgan fingerprint density at radius 2 is 1.71 bits per heavy atom. The molecule has 1 aromatic heterocycles. The number of piperidine rings is 1. The van der Waals surface area contributed by atoms with Crippen molar-refractivity contribution in [1.29, 1.82) is 0 Å². The molecule has 0 radical (unpaired) electrons. The summed E-state index contributed by atoms with van der Waals surface area (Å²) in [6.45, 7) is 7.89.